The van der Waals surface area contributed by atoms with Gasteiger partial charge in [0.05, 0.1) is 0 Å². The number of nitrogens with one attached hydrogen (secondary N) is 1. The maximum atomic E-state index is 3.58. The standard InChI is InChI=1S/C15H25N/c1-12(2)16-14(4)13(3)10-11-15-8-6-5-7-9-15/h5-9,12-14,16H,10-11H2,1-4H3. The summed E-state index contributed by atoms with van der Waals surface area (Å²) in [6.45, 7) is 9.04. The fourth-order valence-electron chi connectivity index (χ4n) is 1.98. The van der Waals surface area contributed by atoms with E-state index in [-0.39, 0.29) is 0 Å². The lowest BCUT2D eigenvalue weighted by Gasteiger charge is -2.23. The molecule has 2 atom stereocenters. The van der Waals surface area contributed by atoms with E-state index in [1.54, 1.807) is 0 Å². The van der Waals surface area contributed by atoms with Gasteiger partial charge in [-0.3, -0.25) is 0 Å². The molecular formula is C15H25N. The molecule has 1 nitrogen and oxygen atoms in total. The van der Waals surface area contributed by atoms with Crippen molar-refractivity contribution in [1.29, 1.82) is 0 Å². The molecule has 0 radical (unpaired) electrons. The Balaban J connectivity index is 2.32. The van der Waals surface area contributed by atoms with E-state index in [0.717, 1.165) is 5.92 Å². The Morgan fingerprint density at radius 3 is 2.19 bits per heavy atom. The second kappa shape index (κ2) is 6.70. The van der Waals surface area contributed by atoms with E-state index >= 15 is 0 Å². The largest absolute Gasteiger partial charge is 0.312 e. The van der Waals surface area contributed by atoms with Crippen molar-refractivity contribution in [3.8, 4) is 0 Å². The van der Waals surface area contributed by atoms with Crippen LogP contribution < -0.4 is 5.32 Å². The fourth-order valence-corrected chi connectivity index (χ4v) is 1.98. The Labute approximate surface area is 100 Å². The number of rotatable bonds is 6. The van der Waals surface area contributed by atoms with E-state index < -0.39 is 0 Å². The zero-order valence-electron chi connectivity index (χ0n) is 11.0. The third-order valence-corrected chi connectivity index (χ3v) is 3.18. The average molecular weight is 219 g/mol. The molecule has 1 aromatic rings. The zero-order chi connectivity index (χ0) is 12.0. The van der Waals surface area contributed by atoms with Crippen LogP contribution in [0.2, 0.25) is 0 Å². The molecule has 1 rings (SSSR count). The smallest absolute Gasteiger partial charge is 0.00668 e. The van der Waals surface area contributed by atoms with Crippen LogP contribution in [0.15, 0.2) is 30.3 Å². The van der Waals surface area contributed by atoms with Crippen molar-refractivity contribution < 1.29 is 0 Å². The Bertz CT molecular complexity index is 279. The lowest BCUT2D eigenvalue weighted by atomic mass is 9.95. The SMILES string of the molecule is CC(C)NC(C)C(C)CCc1ccccc1. The van der Waals surface area contributed by atoms with Crippen LogP contribution in [0.25, 0.3) is 0 Å². The van der Waals surface area contributed by atoms with Crippen LogP contribution >= 0.6 is 0 Å². The molecule has 0 saturated carbocycles. The molecule has 0 spiro atoms. The second-order valence-electron chi connectivity index (χ2n) is 5.11. The summed E-state index contributed by atoms with van der Waals surface area (Å²) in [7, 11) is 0. The first kappa shape index (κ1) is 13.2. The summed E-state index contributed by atoms with van der Waals surface area (Å²) in [5.41, 5.74) is 1.45. The van der Waals surface area contributed by atoms with Crippen LogP contribution in [-0.2, 0) is 6.42 Å². The quantitative estimate of drug-likeness (QED) is 0.770. The molecule has 0 amide bonds. The molecule has 1 aromatic carbocycles. The van der Waals surface area contributed by atoms with Crippen LogP contribution in [0.4, 0.5) is 0 Å². The van der Waals surface area contributed by atoms with Crippen molar-refractivity contribution in [3.63, 3.8) is 0 Å². The molecule has 0 fully saturated rings. The molecule has 0 aromatic heterocycles. The minimum atomic E-state index is 0.578. The Morgan fingerprint density at radius 2 is 1.62 bits per heavy atom. The highest BCUT2D eigenvalue weighted by Gasteiger charge is 2.12. The summed E-state index contributed by atoms with van der Waals surface area (Å²) >= 11 is 0. The van der Waals surface area contributed by atoms with E-state index in [4.69, 9.17) is 0 Å². The Morgan fingerprint density at radius 1 is 1.00 bits per heavy atom. The first-order valence-corrected chi connectivity index (χ1v) is 6.39. The topological polar surface area (TPSA) is 12.0 Å². The van der Waals surface area contributed by atoms with Crippen LogP contribution in [-0.4, -0.2) is 12.1 Å². The number of hydrogen-bond donors (Lipinski definition) is 1. The number of benzene rings is 1. The molecule has 0 bridgehead atoms. The van der Waals surface area contributed by atoms with Gasteiger partial charge in [0.1, 0.15) is 0 Å². The van der Waals surface area contributed by atoms with Gasteiger partial charge in [0, 0.05) is 12.1 Å². The van der Waals surface area contributed by atoms with Crippen molar-refractivity contribution in [2.75, 3.05) is 0 Å². The molecule has 0 aliphatic carbocycles. The van der Waals surface area contributed by atoms with Gasteiger partial charge in [0.15, 0.2) is 0 Å². The lowest BCUT2D eigenvalue weighted by Crippen LogP contribution is -2.37. The summed E-state index contributed by atoms with van der Waals surface area (Å²) in [5, 5.41) is 3.58. The van der Waals surface area contributed by atoms with Crippen LogP contribution in [0.3, 0.4) is 0 Å². The van der Waals surface area contributed by atoms with Gasteiger partial charge in [-0.25, -0.2) is 0 Å². The van der Waals surface area contributed by atoms with Gasteiger partial charge in [-0.15, -0.1) is 0 Å². The van der Waals surface area contributed by atoms with E-state index in [9.17, 15) is 0 Å². The number of aryl methyl sites for hydroxylation is 1. The molecule has 0 saturated heterocycles. The Kier molecular flexibility index (Phi) is 5.54. The molecule has 0 heterocycles. The highest BCUT2D eigenvalue weighted by molar-refractivity contribution is 5.14. The molecule has 16 heavy (non-hydrogen) atoms. The van der Waals surface area contributed by atoms with Gasteiger partial charge in [0.25, 0.3) is 0 Å². The highest BCUT2D eigenvalue weighted by atomic mass is 14.9. The van der Waals surface area contributed by atoms with Crippen LogP contribution in [0.5, 0.6) is 0 Å². The maximum absolute atomic E-state index is 3.58. The zero-order valence-corrected chi connectivity index (χ0v) is 11.0. The van der Waals surface area contributed by atoms with Crippen molar-refractivity contribution in [2.45, 2.75) is 52.6 Å². The fraction of sp³-hybridized carbons (Fsp3) is 0.600. The first-order valence-electron chi connectivity index (χ1n) is 6.39. The molecule has 2 unspecified atom stereocenters. The molecular weight excluding hydrogens is 194 g/mol. The van der Waals surface area contributed by atoms with Crippen LogP contribution in [0.1, 0.15) is 39.7 Å². The minimum absolute atomic E-state index is 0.578. The summed E-state index contributed by atoms with van der Waals surface area (Å²) in [5.74, 6) is 0.725. The van der Waals surface area contributed by atoms with Gasteiger partial charge < -0.3 is 5.32 Å². The highest BCUT2D eigenvalue weighted by Crippen LogP contribution is 2.13. The van der Waals surface area contributed by atoms with Gasteiger partial charge in [-0.05, 0) is 31.2 Å². The van der Waals surface area contributed by atoms with E-state index in [2.05, 4.69) is 63.3 Å². The first-order chi connectivity index (χ1) is 7.59. The van der Waals surface area contributed by atoms with Crippen molar-refractivity contribution >= 4 is 0 Å². The van der Waals surface area contributed by atoms with Gasteiger partial charge >= 0.3 is 0 Å². The summed E-state index contributed by atoms with van der Waals surface area (Å²) in [4.78, 5) is 0. The molecule has 1 heteroatoms. The molecule has 0 aliphatic heterocycles. The normalized spacial score (nSPS) is 15.1. The van der Waals surface area contributed by atoms with Gasteiger partial charge in [0.2, 0.25) is 0 Å². The van der Waals surface area contributed by atoms with Gasteiger partial charge in [-0.1, -0.05) is 51.1 Å². The van der Waals surface area contributed by atoms with Crippen molar-refractivity contribution in [2.24, 2.45) is 5.92 Å². The predicted molar refractivity (Wildman–Crippen MR) is 71.7 cm³/mol. The predicted octanol–water partition coefficient (Wildman–Crippen LogP) is 3.64. The Hall–Kier alpha value is -0.820. The summed E-state index contributed by atoms with van der Waals surface area (Å²) in [6.07, 6.45) is 2.44. The summed E-state index contributed by atoms with van der Waals surface area (Å²) in [6, 6.07) is 11.9. The van der Waals surface area contributed by atoms with Gasteiger partial charge in [-0.2, -0.15) is 0 Å². The molecule has 0 aliphatic rings. The third kappa shape index (κ3) is 4.80. The van der Waals surface area contributed by atoms with E-state index in [1.807, 2.05) is 0 Å². The monoisotopic (exact) mass is 219 g/mol. The maximum Gasteiger partial charge on any atom is 0.00668 e. The van der Waals surface area contributed by atoms with Crippen molar-refractivity contribution in [1.82, 2.24) is 5.32 Å². The van der Waals surface area contributed by atoms with Crippen molar-refractivity contribution in [3.05, 3.63) is 35.9 Å². The second-order valence-corrected chi connectivity index (χ2v) is 5.11. The average Bonchev–Trinajstić information content (AvgIpc) is 2.26. The third-order valence-electron chi connectivity index (χ3n) is 3.18. The minimum Gasteiger partial charge on any atom is -0.312 e. The van der Waals surface area contributed by atoms with Crippen LogP contribution in [0, 0.1) is 5.92 Å². The summed E-state index contributed by atoms with van der Waals surface area (Å²) < 4.78 is 0. The van der Waals surface area contributed by atoms with E-state index in [1.165, 1.54) is 18.4 Å². The number of hydrogen-bond acceptors (Lipinski definition) is 1. The lowest BCUT2D eigenvalue weighted by molar-refractivity contribution is 0.356. The van der Waals surface area contributed by atoms with E-state index in [0.29, 0.717) is 12.1 Å². The molecule has 1 N–H and O–H groups in total. The molecule has 90 valence electrons.